The van der Waals surface area contributed by atoms with Crippen molar-refractivity contribution >= 4 is 46.2 Å². The number of thioether (sulfide) groups is 1. The largest absolute Gasteiger partial charge is 0.467 e. The van der Waals surface area contributed by atoms with Crippen LogP contribution in [0.2, 0.25) is 0 Å². The van der Waals surface area contributed by atoms with Crippen LogP contribution in [0.1, 0.15) is 45.1 Å². The van der Waals surface area contributed by atoms with Gasteiger partial charge < -0.3 is 20.3 Å². The van der Waals surface area contributed by atoms with E-state index in [2.05, 4.69) is 48.7 Å². The number of ether oxygens (including phenoxy) is 1. The number of esters is 1. The number of methoxy groups -OCH3 is 1. The number of nitrogens with one attached hydrogen (secondary N) is 2. The molecule has 2 N–H and O–H groups in total. The van der Waals surface area contributed by atoms with Crippen LogP contribution in [-0.4, -0.2) is 90.9 Å². The molecule has 1 heterocycles. The van der Waals surface area contributed by atoms with Crippen LogP contribution >= 0.6 is 11.8 Å². The van der Waals surface area contributed by atoms with E-state index in [0.29, 0.717) is 38.1 Å². The smallest absolute Gasteiger partial charge is 0.328 e. The van der Waals surface area contributed by atoms with Gasteiger partial charge in [-0.1, -0.05) is 62.7 Å². The van der Waals surface area contributed by atoms with Crippen LogP contribution in [0.5, 0.6) is 0 Å². The Morgan fingerprint density at radius 1 is 1.17 bits per heavy atom. The third-order valence-corrected chi connectivity index (χ3v) is 8.60. The van der Waals surface area contributed by atoms with E-state index in [1.54, 1.807) is 23.7 Å². The lowest BCUT2D eigenvalue weighted by molar-refractivity contribution is -0.145. The van der Waals surface area contributed by atoms with Gasteiger partial charge in [0.15, 0.2) is 0 Å². The van der Waals surface area contributed by atoms with E-state index in [0.717, 1.165) is 22.8 Å². The van der Waals surface area contributed by atoms with Crippen molar-refractivity contribution in [3.8, 4) is 0 Å². The molecule has 3 amide bonds. The molecule has 3 rings (SSSR count). The predicted molar refractivity (Wildman–Crippen MR) is 163 cm³/mol. The summed E-state index contributed by atoms with van der Waals surface area (Å²) in [5, 5.41) is 7.88. The number of rotatable bonds is 15. The quantitative estimate of drug-likeness (QED) is 0.310. The topological polar surface area (TPSA) is 108 Å². The van der Waals surface area contributed by atoms with Gasteiger partial charge in [0.2, 0.25) is 17.7 Å². The van der Waals surface area contributed by atoms with Crippen molar-refractivity contribution in [2.45, 2.75) is 64.2 Å². The molecule has 0 spiro atoms. The van der Waals surface area contributed by atoms with Crippen molar-refractivity contribution in [2.75, 3.05) is 39.3 Å². The molecule has 224 valence electrons. The fourth-order valence-electron chi connectivity index (χ4n) is 5.36. The second kappa shape index (κ2) is 15.8. The maximum absolute atomic E-state index is 13.4. The maximum Gasteiger partial charge on any atom is 0.328 e. The fraction of sp³-hybridized carbons (Fsp3) is 0.548. The van der Waals surface area contributed by atoms with Crippen LogP contribution < -0.4 is 10.6 Å². The molecule has 0 aliphatic carbocycles. The van der Waals surface area contributed by atoms with E-state index in [-0.39, 0.29) is 36.2 Å². The van der Waals surface area contributed by atoms with Crippen LogP contribution in [0.3, 0.4) is 0 Å². The summed E-state index contributed by atoms with van der Waals surface area (Å²) in [7, 11) is 3.11. The highest BCUT2D eigenvalue weighted by Gasteiger charge is 2.35. The van der Waals surface area contributed by atoms with E-state index in [4.69, 9.17) is 4.74 Å². The Balaban J connectivity index is 1.88. The van der Waals surface area contributed by atoms with E-state index in [1.165, 1.54) is 7.11 Å². The lowest BCUT2D eigenvalue weighted by Crippen LogP contribution is -2.54. The summed E-state index contributed by atoms with van der Waals surface area (Å²) in [5.74, 6) is -0.105. The maximum atomic E-state index is 13.4. The molecule has 0 saturated carbocycles. The lowest BCUT2D eigenvalue weighted by atomic mass is 9.96. The predicted octanol–water partition coefficient (Wildman–Crippen LogP) is 3.20. The Bertz CT molecular complexity index is 1200. The SMILES string of the molecule is CC[C@H](C)[C@@H](CN(CC(=O)N[C@@H](CCSC)C(=O)OC)Cc1cccc2ccccc12)N(C)C(=O)[C@@H]1CCC(=O)N1. The first-order valence-electron chi connectivity index (χ1n) is 14.3. The molecule has 2 aromatic carbocycles. The second-order valence-corrected chi connectivity index (χ2v) is 11.8. The number of hydrogen-bond donors (Lipinski definition) is 2. The first kappa shape index (κ1) is 32.4. The molecule has 0 aromatic heterocycles. The Morgan fingerprint density at radius 2 is 1.90 bits per heavy atom. The van der Waals surface area contributed by atoms with Crippen molar-refractivity contribution in [3.05, 3.63) is 48.0 Å². The number of benzene rings is 2. The van der Waals surface area contributed by atoms with Crippen molar-refractivity contribution in [2.24, 2.45) is 5.92 Å². The molecule has 41 heavy (non-hydrogen) atoms. The van der Waals surface area contributed by atoms with Crippen molar-refractivity contribution in [1.82, 2.24) is 20.4 Å². The minimum absolute atomic E-state index is 0.0467. The van der Waals surface area contributed by atoms with Gasteiger partial charge in [-0.3, -0.25) is 19.3 Å². The number of likely N-dealkylation sites (N-methyl/N-ethyl adjacent to an activating group) is 1. The molecular formula is C31H44N4O5S. The van der Waals surface area contributed by atoms with Gasteiger partial charge in [0.1, 0.15) is 12.1 Å². The summed E-state index contributed by atoms with van der Waals surface area (Å²) in [4.78, 5) is 54.7. The molecule has 0 radical (unpaired) electrons. The van der Waals surface area contributed by atoms with Gasteiger partial charge in [-0.2, -0.15) is 11.8 Å². The molecule has 1 saturated heterocycles. The Kier molecular flexibility index (Phi) is 12.5. The third kappa shape index (κ3) is 8.94. The van der Waals surface area contributed by atoms with Crippen LogP contribution in [0, 0.1) is 5.92 Å². The first-order chi connectivity index (χ1) is 19.7. The highest BCUT2D eigenvalue weighted by molar-refractivity contribution is 7.98. The molecule has 1 aliphatic rings. The molecule has 10 heteroatoms. The van der Waals surface area contributed by atoms with Gasteiger partial charge in [0, 0.05) is 32.6 Å². The van der Waals surface area contributed by atoms with Crippen LogP contribution in [-0.2, 0) is 30.5 Å². The van der Waals surface area contributed by atoms with Gasteiger partial charge in [0.05, 0.1) is 13.7 Å². The highest BCUT2D eigenvalue weighted by Crippen LogP contribution is 2.23. The molecule has 0 bridgehead atoms. The molecule has 9 nitrogen and oxygen atoms in total. The number of carbonyl (C=O) groups is 4. The van der Waals surface area contributed by atoms with Crippen molar-refractivity contribution in [3.63, 3.8) is 0 Å². The van der Waals surface area contributed by atoms with Gasteiger partial charge in [-0.05, 0) is 47.1 Å². The summed E-state index contributed by atoms with van der Waals surface area (Å²) >= 11 is 1.60. The van der Waals surface area contributed by atoms with Crippen LogP contribution in [0.25, 0.3) is 10.8 Å². The summed E-state index contributed by atoms with van der Waals surface area (Å²) in [6, 6.07) is 12.8. The number of amides is 3. The molecule has 2 aromatic rings. The summed E-state index contributed by atoms with van der Waals surface area (Å²) in [5.41, 5.74) is 1.07. The Hall–Kier alpha value is -3.11. The fourth-order valence-corrected chi connectivity index (χ4v) is 5.83. The number of nitrogens with zero attached hydrogens (tertiary/aromatic N) is 2. The van der Waals surface area contributed by atoms with Gasteiger partial charge in [-0.15, -0.1) is 0 Å². The molecule has 4 atom stereocenters. The van der Waals surface area contributed by atoms with Crippen molar-refractivity contribution < 1.29 is 23.9 Å². The average molecular weight is 585 g/mol. The number of fused-ring (bicyclic) bond motifs is 1. The monoisotopic (exact) mass is 584 g/mol. The standard InChI is InChI=1S/C31H44N4O5S/c1-6-21(2)27(34(3)30(38)25-14-15-28(36)32-25)19-35(18-23-12-9-11-22-10-7-8-13-24(22)23)20-29(37)33-26(16-17-41-5)31(39)40-4/h7-13,21,25-27H,6,14-20H2,1-5H3,(H,32,36)(H,33,37)/t21-,25-,26-,27+/m0/s1. The van der Waals surface area contributed by atoms with Crippen LogP contribution in [0.15, 0.2) is 42.5 Å². The number of hydrogen-bond acceptors (Lipinski definition) is 7. The Morgan fingerprint density at radius 3 is 2.56 bits per heavy atom. The minimum atomic E-state index is -0.722. The summed E-state index contributed by atoms with van der Waals surface area (Å²) in [6.45, 7) is 5.17. The average Bonchev–Trinajstić information content (AvgIpc) is 3.42. The highest BCUT2D eigenvalue weighted by atomic mass is 32.2. The van der Waals surface area contributed by atoms with E-state index in [1.807, 2.05) is 29.4 Å². The first-order valence-corrected chi connectivity index (χ1v) is 15.7. The third-order valence-electron chi connectivity index (χ3n) is 7.96. The summed E-state index contributed by atoms with van der Waals surface area (Å²) in [6.07, 6.45) is 4.10. The minimum Gasteiger partial charge on any atom is -0.467 e. The zero-order valence-corrected chi connectivity index (χ0v) is 25.7. The zero-order valence-electron chi connectivity index (χ0n) is 24.9. The van der Waals surface area contributed by atoms with Gasteiger partial charge in [-0.25, -0.2) is 4.79 Å². The van der Waals surface area contributed by atoms with E-state index >= 15 is 0 Å². The molecular weight excluding hydrogens is 540 g/mol. The van der Waals surface area contributed by atoms with Gasteiger partial charge >= 0.3 is 5.97 Å². The summed E-state index contributed by atoms with van der Waals surface area (Å²) < 4.78 is 4.93. The zero-order chi connectivity index (χ0) is 29.9. The van der Waals surface area contributed by atoms with Gasteiger partial charge in [0.25, 0.3) is 0 Å². The molecule has 0 unspecified atom stereocenters. The van der Waals surface area contributed by atoms with Crippen molar-refractivity contribution in [1.29, 1.82) is 0 Å². The molecule has 1 fully saturated rings. The lowest BCUT2D eigenvalue weighted by Gasteiger charge is -2.38. The van der Waals surface area contributed by atoms with Crippen LogP contribution in [0.4, 0.5) is 0 Å². The normalized spacial score (nSPS) is 17.1. The van der Waals surface area contributed by atoms with E-state index in [9.17, 15) is 19.2 Å². The molecule has 1 aliphatic heterocycles. The number of carbonyl (C=O) groups excluding carboxylic acids is 4. The Labute approximate surface area is 247 Å². The second-order valence-electron chi connectivity index (χ2n) is 10.8. The van der Waals surface area contributed by atoms with E-state index < -0.39 is 18.1 Å².